The predicted octanol–water partition coefficient (Wildman–Crippen LogP) is 4.14. The van der Waals surface area contributed by atoms with Crippen molar-refractivity contribution in [2.45, 2.75) is 37.2 Å². The second-order valence-electron chi connectivity index (χ2n) is 9.55. The Kier molecular flexibility index (Phi) is 6.18. The molecule has 11 heteroatoms. The molecule has 3 aromatic rings. The smallest absolute Gasteiger partial charge is 0.274 e. The van der Waals surface area contributed by atoms with E-state index in [2.05, 4.69) is 25.6 Å². The summed E-state index contributed by atoms with van der Waals surface area (Å²) in [4.78, 5) is 25.3. The second kappa shape index (κ2) is 9.16. The standard InChI is InChI=1S/C24H25ClF2N6O2/c1-33-12-30-20(21(33)22(34)31-16-2-3-18(26)17(25)8-16)13-6-14-9-24(35,10-15(14)7-13)11-29-23-28-5-4-19(27)32-23/h2-5,8,12-15,35H,6-7,9-11H2,1H3,(H,31,34)(H,28,29,32). The van der Waals surface area contributed by atoms with Crippen molar-refractivity contribution in [3.63, 3.8) is 0 Å². The van der Waals surface area contributed by atoms with Gasteiger partial charge in [-0.2, -0.15) is 9.37 Å². The molecule has 5 rings (SSSR count). The van der Waals surface area contributed by atoms with Gasteiger partial charge in [0, 0.05) is 37.5 Å². The summed E-state index contributed by atoms with van der Waals surface area (Å²) in [5.41, 5.74) is 0.650. The highest BCUT2D eigenvalue weighted by molar-refractivity contribution is 6.31. The topological polar surface area (TPSA) is 105 Å². The van der Waals surface area contributed by atoms with E-state index in [4.69, 9.17) is 11.6 Å². The molecule has 3 N–H and O–H groups in total. The predicted molar refractivity (Wildman–Crippen MR) is 126 cm³/mol. The Morgan fingerprint density at radius 2 is 1.97 bits per heavy atom. The molecule has 184 valence electrons. The zero-order valence-electron chi connectivity index (χ0n) is 19.0. The molecule has 35 heavy (non-hydrogen) atoms. The number of hydrogen-bond acceptors (Lipinski definition) is 6. The number of anilines is 2. The molecule has 2 unspecified atom stereocenters. The molecule has 2 saturated carbocycles. The number of hydrogen-bond donors (Lipinski definition) is 3. The van der Waals surface area contributed by atoms with E-state index in [1.807, 2.05) is 0 Å². The van der Waals surface area contributed by atoms with Crippen molar-refractivity contribution in [2.24, 2.45) is 18.9 Å². The first-order valence-corrected chi connectivity index (χ1v) is 11.8. The van der Waals surface area contributed by atoms with Crippen molar-refractivity contribution in [3.8, 4) is 0 Å². The molecule has 2 fully saturated rings. The number of halogens is 3. The number of amides is 1. The van der Waals surface area contributed by atoms with Crippen molar-refractivity contribution >= 4 is 29.1 Å². The van der Waals surface area contributed by atoms with Crippen molar-refractivity contribution in [1.29, 1.82) is 0 Å². The van der Waals surface area contributed by atoms with Gasteiger partial charge in [-0.1, -0.05) is 11.6 Å². The van der Waals surface area contributed by atoms with Crippen LogP contribution in [0.5, 0.6) is 0 Å². The first-order valence-electron chi connectivity index (χ1n) is 11.4. The van der Waals surface area contributed by atoms with Gasteiger partial charge in [0.1, 0.15) is 11.5 Å². The third-order valence-corrected chi connectivity index (χ3v) is 7.36. The van der Waals surface area contributed by atoms with Gasteiger partial charge in [0.2, 0.25) is 11.9 Å². The highest BCUT2D eigenvalue weighted by atomic mass is 35.5. The third-order valence-electron chi connectivity index (χ3n) is 7.07. The van der Waals surface area contributed by atoms with Crippen molar-refractivity contribution in [3.05, 3.63) is 65.0 Å². The number of aliphatic hydroxyl groups is 1. The van der Waals surface area contributed by atoms with Gasteiger partial charge in [-0.05, 0) is 55.7 Å². The van der Waals surface area contributed by atoms with Crippen LogP contribution in [-0.2, 0) is 7.05 Å². The third kappa shape index (κ3) is 4.85. The maximum absolute atomic E-state index is 13.5. The van der Waals surface area contributed by atoms with E-state index in [9.17, 15) is 18.7 Å². The highest BCUT2D eigenvalue weighted by Gasteiger charge is 2.49. The molecule has 1 amide bonds. The van der Waals surface area contributed by atoms with Gasteiger partial charge in [0.25, 0.3) is 5.91 Å². The Morgan fingerprint density at radius 1 is 1.23 bits per heavy atom. The molecule has 0 aliphatic heterocycles. The van der Waals surface area contributed by atoms with E-state index in [-0.39, 0.29) is 41.2 Å². The zero-order valence-corrected chi connectivity index (χ0v) is 19.8. The monoisotopic (exact) mass is 502 g/mol. The van der Waals surface area contributed by atoms with Crippen LogP contribution in [0.3, 0.4) is 0 Å². The maximum atomic E-state index is 13.5. The Balaban J connectivity index is 1.24. The number of carbonyl (C=O) groups is 1. The van der Waals surface area contributed by atoms with Crippen LogP contribution in [0, 0.1) is 23.6 Å². The van der Waals surface area contributed by atoms with Crippen molar-refractivity contribution in [1.82, 2.24) is 19.5 Å². The zero-order chi connectivity index (χ0) is 24.7. The summed E-state index contributed by atoms with van der Waals surface area (Å²) in [6.07, 6.45) is 5.76. The number of rotatable bonds is 6. The summed E-state index contributed by atoms with van der Waals surface area (Å²) < 4.78 is 28.4. The van der Waals surface area contributed by atoms with Crippen molar-refractivity contribution in [2.75, 3.05) is 17.2 Å². The van der Waals surface area contributed by atoms with Crippen LogP contribution < -0.4 is 10.6 Å². The van der Waals surface area contributed by atoms with E-state index in [0.717, 1.165) is 18.5 Å². The molecule has 1 aromatic carbocycles. The lowest BCUT2D eigenvalue weighted by molar-refractivity contribution is 0.0513. The highest BCUT2D eigenvalue weighted by Crippen LogP contribution is 2.54. The molecule has 2 aliphatic rings. The van der Waals surface area contributed by atoms with Gasteiger partial charge in [-0.3, -0.25) is 4.79 Å². The summed E-state index contributed by atoms with van der Waals surface area (Å²) in [5.74, 6) is -0.702. The molecule has 0 bridgehead atoms. The van der Waals surface area contributed by atoms with E-state index >= 15 is 0 Å². The Labute approximate surface area is 205 Å². The lowest BCUT2D eigenvalue weighted by atomic mass is 9.92. The SMILES string of the molecule is Cn1cnc(C2CC3CC(O)(CNc4nccc(F)n4)CC3C2)c1C(=O)Nc1ccc(F)c(Cl)c1. The van der Waals surface area contributed by atoms with Crippen LogP contribution in [0.25, 0.3) is 0 Å². The molecular weight excluding hydrogens is 478 g/mol. The van der Waals surface area contributed by atoms with Crippen LogP contribution in [0.1, 0.15) is 47.8 Å². The first kappa shape index (κ1) is 23.6. The van der Waals surface area contributed by atoms with Crippen LogP contribution >= 0.6 is 11.6 Å². The van der Waals surface area contributed by atoms with Gasteiger partial charge >= 0.3 is 0 Å². The number of fused-ring (bicyclic) bond motifs is 1. The molecule has 2 aromatic heterocycles. The van der Waals surface area contributed by atoms with Gasteiger partial charge in [0.05, 0.1) is 22.6 Å². The van der Waals surface area contributed by atoms with Crippen LogP contribution in [0.2, 0.25) is 5.02 Å². The second-order valence-corrected chi connectivity index (χ2v) is 9.96. The molecule has 8 nitrogen and oxygen atoms in total. The largest absolute Gasteiger partial charge is 0.388 e. The normalized spacial score (nSPS) is 25.5. The van der Waals surface area contributed by atoms with Crippen LogP contribution in [-0.4, -0.2) is 42.7 Å². The quantitative estimate of drug-likeness (QED) is 0.437. The Hall–Kier alpha value is -3.11. The average molecular weight is 503 g/mol. The first-order chi connectivity index (χ1) is 16.7. The van der Waals surface area contributed by atoms with Crippen LogP contribution in [0.4, 0.5) is 20.4 Å². The molecule has 0 saturated heterocycles. The summed E-state index contributed by atoms with van der Waals surface area (Å²) in [5, 5.41) is 16.8. The van der Waals surface area contributed by atoms with Gasteiger partial charge < -0.3 is 20.3 Å². The number of aromatic nitrogens is 4. The number of imidazole rings is 1. The van der Waals surface area contributed by atoms with Gasteiger partial charge in [-0.15, -0.1) is 0 Å². The lowest BCUT2D eigenvalue weighted by Crippen LogP contribution is -2.35. The van der Waals surface area contributed by atoms with E-state index < -0.39 is 17.4 Å². The minimum absolute atomic E-state index is 0.0671. The van der Waals surface area contributed by atoms with Crippen LogP contribution in [0.15, 0.2) is 36.8 Å². The Morgan fingerprint density at radius 3 is 2.66 bits per heavy atom. The van der Waals surface area contributed by atoms with Crippen molar-refractivity contribution < 1.29 is 18.7 Å². The summed E-state index contributed by atoms with van der Waals surface area (Å²) in [6.45, 7) is 0.242. The number of carbonyl (C=O) groups excluding carboxylic acids is 1. The summed E-state index contributed by atoms with van der Waals surface area (Å²) >= 11 is 5.84. The van der Waals surface area contributed by atoms with E-state index in [0.29, 0.717) is 24.2 Å². The number of nitrogens with zero attached hydrogens (tertiary/aromatic N) is 4. The fourth-order valence-electron chi connectivity index (χ4n) is 5.59. The number of aryl methyl sites for hydroxylation is 1. The minimum Gasteiger partial charge on any atom is -0.388 e. The summed E-state index contributed by atoms with van der Waals surface area (Å²) in [7, 11) is 1.76. The van der Waals surface area contributed by atoms with E-state index in [1.165, 1.54) is 30.5 Å². The lowest BCUT2D eigenvalue weighted by Gasteiger charge is -2.25. The molecule has 0 spiro atoms. The maximum Gasteiger partial charge on any atom is 0.274 e. The fraction of sp³-hybridized carbons (Fsp3) is 0.417. The molecular formula is C24H25ClF2N6O2. The molecule has 2 atom stereocenters. The Bertz CT molecular complexity index is 1250. The molecule has 2 aliphatic carbocycles. The van der Waals surface area contributed by atoms with Gasteiger partial charge in [0.15, 0.2) is 0 Å². The minimum atomic E-state index is -0.928. The molecule has 0 radical (unpaired) electrons. The average Bonchev–Trinajstić information content (AvgIpc) is 3.46. The fourth-order valence-corrected chi connectivity index (χ4v) is 5.77. The van der Waals surface area contributed by atoms with Gasteiger partial charge in [-0.25, -0.2) is 14.4 Å². The summed E-state index contributed by atoms with van der Waals surface area (Å²) in [6, 6.07) is 5.20. The number of benzene rings is 1. The van der Waals surface area contributed by atoms with E-state index in [1.54, 1.807) is 17.9 Å². The molecule has 2 heterocycles. The number of nitrogens with one attached hydrogen (secondary N) is 2.